The summed E-state index contributed by atoms with van der Waals surface area (Å²) in [5, 5.41) is 0. The Kier molecular flexibility index (Phi) is 2.41. The molecule has 2 aliphatic heterocycles. The highest BCUT2D eigenvalue weighted by Crippen LogP contribution is 2.74. The quantitative estimate of drug-likeness (QED) is 0.687. The molecule has 2 heterocycles. The molecule has 1 spiro atoms. The lowest BCUT2D eigenvalue weighted by Gasteiger charge is -2.60. The Morgan fingerprint density at radius 1 is 1.17 bits per heavy atom. The molecule has 0 radical (unpaired) electrons. The van der Waals surface area contributed by atoms with Crippen molar-refractivity contribution in [3.63, 3.8) is 0 Å². The molecule has 3 nitrogen and oxygen atoms in total. The lowest BCUT2D eigenvalue weighted by atomic mass is 9.44. The maximum Gasteiger partial charge on any atom is 0.159 e. The number of carbonyl (C=O) groups excluding carboxylic acids is 2. The summed E-state index contributed by atoms with van der Waals surface area (Å²) in [6.45, 7) is 7.04. The standard InChI is InChI=1S/C21H27NO2/c1-11-9-22-10-13-4-3-12-7-16(23)14-5-6-21(18(12)14)19(24)15(11)8-17(22)20(13,21)2/h7,11,13-15,17-18H,3-6,8-10H2,1-2H3/t11-,13-,14+,15?,17?,18-,20-,21+/m1/s1. The minimum atomic E-state index is -0.228. The van der Waals surface area contributed by atoms with Crippen molar-refractivity contribution in [1.29, 1.82) is 0 Å². The number of rotatable bonds is 0. The van der Waals surface area contributed by atoms with E-state index in [0.29, 0.717) is 29.4 Å². The molecule has 2 unspecified atom stereocenters. The van der Waals surface area contributed by atoms with Gasteiger partial charge >= 0.3 is 0 Å². The van der Waals surface area contributed by atoms with Crippen molar-refractivity contribution in [2.24, 2.45) is 40.4 Å². The zero-order chi connectivity index (χ0) is 16.4. The second-order valence-corrected chi connectivity index (χ2v) is 9.89. The minimum absolute atomic E-state index is 0.0976. The second-order valence-electron chi connectivity index (χ2n) is 9.89. The van der Waals surface area contributed by atoms with Gasteiger partial charge in [-0.2, -0.15) is 0 Å². The van der Waals surface area contributed by atoms with Crippen molar-refractivity contribution in [1.82, 2.24) is 4.90 Å². The topological polar surface area (TPSA) is 37.4 Å². The van der Waals surface area contributed by atoms with Gasteiger partial charge in [-0.15, -0.1) is 0 Å². The number of hydrogen-bond acceptors (Lipinski definition) is 3. The largest absolute Gasteiger partial charge is 0.299 e. The summed E-state index contributed by atoms with van der Waals surface area (Å²) in [5.41, 5.74) is 1.22. The maximum absolute atomic E-state index is 14.0. The van der Waals surface area contributed by atoms with Crippen LogP contribution in [0.4, 0.5) is 0 Å². The first-order valence-corrected chi connectivity index (χ1v) is 10.0. The molecule has 0 N–H and O–H groups in total. The predicted molar refractivity (Wildman–Crippen MR) is 90.2 cm³/mol. The lowest BCUT2D eigenvalue weighted by Crippen LogP contribution is -2.66. The molecular weight excluding hydrogens is 298 g/mol. The van der Waals surface area contributed by atoms with Crippen LogP contribution in [-0.4, -0.2) is 35.6 Å². The summed E-state index contributed by atoms with van der Waals surface area (Å²) in [7, 11) is 0. The molecule has 0 amide bonds. The van der Waals surface area contributed by atoms with Gasteiger partial charge in [0.1, 0.15) is 5.78 Å². The molecule has 2 bridgehead atoms. The summed E-state index contributed by atoms with van der Waals surface area (Å²) in [5.74, 6) is 2.64. The number of Topliss-reactive ketones (excluding diaryl/α,β-unsaturated/α-hetero) is 1. The molecule has 0 aromatic heterocycles. The van der Waals surface area contributed by atoms with E-state index >= 15 is 0 Å². The fraction of sp³-hybridized carbons (Fsp3) is 0.810. The lowest BCUT2D eigenvalue weighted by molar-refractivity contribution is -0.167. The van der Waals surface area contributed by atoms with Crippen LogP contribution in [0.3, 0.4) is 0 Å². The zero-order valence-corrected chi connectivity index (χ0v) is 14.8. The Balaban J connectivity index is 1.64. The van der Waals surface area contributed by atoms with Gasteiger partial charge in [0.2, 0.25) is 0 Å². The first-order valence-electron chi connectivity index (χ1n) is 10.0. The van der Waals surface area contributed by atoms with E-state index in [1.54, 1.807) is 0 Å². The van der Waals surface area contributed by atoms with E-state index in [9.17, 15) is 9.59 Å². The third kappa shape index (κ3) is 1.23. The first-order chi connectivity index (χ1) is 11.5. The van der Waals surface area contributed by atoms with Crippen molar-refractivity contribution >= 4 is 11.6 Å². The summed E-state index contributed by atoms with van der Waals surface area (Å²) in [4.78, 5) is 29.3. The van der Waals surface area contributed by atoms with Crippen molar-refractivity contribution < 1.29 is 9.59 Å². The third-order valence-electron chi connectivity index (χ3n) is 9.52. The van der Waals surface area contributed by atoms with Gasteiger partial charge < -0.3 is 0 Å². The number of hydrogen-bond donors (Lipinski definition) is 0. The summed E-state index contributed by atoms with van der Waals surface area (Å²) in [6, 6.07) is 0.579. The molecule has 0 aromatic carbocycles. The number of fused-ring (bicyclic) bond motifs is 1. The van der Waals surface area contributed by atoms with Crippen molar-refractivity contribution in [2.75, 3.05) is 13.1 Å². The van der Waals surface area contributed by atoms with Gasteiger partial charge in [0, 0.05) is 47.7 Å². The van der Waals surface area contributed by atoms with E-state index < -0.39 is 0 Å². The van der Waals surface area contributed by atoms with Gasteiger partial charge in [-0.1, -0.05) is 19.4 Å². The Morgan fingerprint density at radius 2 is 2.00 bits per heavy atom. The molecule has 0 aromatic rings. The fourth-order valence-electron chi connectivity index (χ4n) is 8.59. The van der Waals surface area contributed by atoms with E-state index in [2.05, 4.69) is 18.7 Å². The van der Waals surface area contributed by atoms with Crippen LogP contribution in [-0.2, 0) is 9.59 Å². The highest BCUT2D eigenvalue weighted by Gasteiger charge is 2.76. The molecule has 6 rings (SSSR count). The monoisotopic (exact) mass is 325 g/mol. The Hall–Kier alpha value is -0.960. The number of carbonyl (C=O) groups is 2. The summed E-state index contributed by atoms with van der Waals surface area (Å²) >= 11 is 0. The Morgan fingerprint density at radius 3 is 2.83 bits per heavy atom. The normalized spacial score (nSPS) is 57.8. The first kappa shape index (κ1) is 14.2. The van der Waals surface area contributed by atoms with Gasteiger partial charge in [0.25, 0.3) is 0 Å². The molecule has 24 heavy (non-hydrogen) atoms. The van der Waals surface area contributed by atoms with E-state index in [0.717, 1.165) is 32.2 Å². The van der Waals surface area contributed by atoms with E-state index in [1.165, 1.54) is 18.5 Å². The maximum atomic E-state index is 14.0. The van der Waals surface area contributed by atoms with Crippen molar-refractivity contribution in [3.05, 3.63) is 11.6 Å². The summed E-state index contributed by atoms with van der Waals surface area (Å²) in [6.07, 6.45) is 7.21. The molecule has 8 atom stereocenters. The smallest absolute Gasteiger partial charge is 0.159 e. The molecule has 2 saturated heterocycles. The number of piperidine rings is 1. The van der Waals surface area contributed by atoms with Gasteiger partial charge in [-0.05, 0) is 50.0 Å². The van der Waals surface area contributed by atoms with Crippen LogP contribution in [0.2, 0.25) is 0 Å². The fourth-order valence-corrected chi connectivity index (χ4v) is 8.59. The summed E-state index contributed by atoms with van der Waals surface area (Å²) < 4.78 is 0. The van der Waals surface area contributed by atoms with Gasteiger partial charge in [-0.3, -0.25) is 14.5 Å². The Bertz CT molecular complexity index is 711. The number of ketones is 2. The molecular formula is C21H27NO2. The van der Waals surface area contributed by atoms with Crippen molar-refractivity contribution in [2.45, 2.75) is 52.0 Å². The van der Waals surface area contributed by atoms with E-state index in [-0.39, 0.29) is 28.6 Å². The van der Waals surface area contributed by atoms with E-state index in [4.69, 9.17) is 0 Å². The van der Waals surface area contributed by atoms with E-state index in [1.807, 2.05) is 6.08 Å². The SMILES string of the molecule is C[C@@H]1CN2C[C@H]3CCC4=CC(=O)[C@@H]5CC[C@@]6(C(=O)C1CC2[C@@]36C)[C@H]45. The van der Waals surface area contributed by atoms with Crippen LogP contribution in [0.15, 0.2) is 11.6 Å². The molecule has 3 saturated carbocycles. The molecule has 6 aliphatic rings. The molecule has 128 valence electrons. The van der Waals surface area contributed by atoms with Crippen LogP contribution < -0.4 is 0 Å². The van der Waals surface area contributed by atoms with Crippen LogP contribution in [0.1, 0.15) is 46.0 Å². The van der Waals surface area contributed by atoms with Crippen molar-refractivity contribution in [3.8, 4) is 0 Å². The number of nitrogens with zero attached hydrogens (tertiary/aromatic N) is 1. The van der Waals surface area contributed by atoms with Gasteiger partial charge in [0.05, 0.1) is 0 Å². The zero-order valence-electron chi connectivity index (χ0n) is 14.8. The van der Waals surface area contributed by atoms with Gasteiger partial charge in [0.15, 0.2) is 5.78 Å². The predicted octanol–water partition coefficient (Wildman–Crippen LogP) is 2.85. The Labute approximate surface area is 143 Å². The third-order valence-corrected chi connectivity index (χ3v) is 9.52. The molecule has 5 fully saturated rings. The minimum Gasteiger partial charge on any atom is -0.299 e. The highest BCUT2D eigenvalue weighted by molar-refractivity contribution is 6.00. The molecule has 3 heteroatoms. The van der Waals surface area contributed by atoms with Crippen LogP contribution in [0.5, 0.6) is 0 Å². The van der Waals surface area contributed by atoms with Crippen LogP contribution in [0.25, 0.3) is 0 Å². The van der Waals surface area contributed by atoms with Crippen LogP contribution in [0, 0.1) is 40.4 Å². The number of allylic oxidation sites excluding steroid dienone is 2. The average Bonchev–Trinajstić information content (AvgIpc) is 3.15. The second kappa shape index (κ2) is 4.06. The highest BCUT2D eigenvalue weighted by atomic mass is 16.1. The molecule has 4 aliphatic carbocycles. The van der Waals surface area contributed by atoms with Crippen LogP contribution >= 0.6 is 0 Å². The average molecular weight is 325 g/mol. The van der Waals surface area contributed by atoms with Gasteiger partial charge in [-0.25, -0.2) is 0 Å².